The largest absolute Gasteiger partial charge is 0.458 e. The average molecular weight is 804 g/mol. The lowest BCUT2D eigenvalue weighted by atomic mass is 9.73. The zero-order valence-electron chi connectivity index (χ0n) is 33.6. The molecule has 3 fully saturated rings. The van der Waals surface area contributed by atoms with Crippen molar-refractivity contribution < 1.29 is 48.0 Å². The number of ketones is 2. The number of carbonyl (C=O) groups is 4. The lowest BCUT2D eigenvalue weighted by Gasteiger charge is -2.46. The maximum atomic E-state index is 14.6. The number of hydrogen-bond donors (Lipinski definition) is 3. The van der Waals surface area contributed by atoms with Gasteiger partial charge in [0.1, 0.15) is 29.6 Å². The highest BCUT2D eigenvalue weighted by Gasteiger charge is 2.60. The van der Waals surface area contributed by atoms with Gasteiger partial charge in [-0.1, -0.05) is 56.4 Å². The molecule has 2 aromatic heterocycles. The van der Waals surface area contributed by atoms with Crippen LogP contribution in [0, 0.1) is 23.7 Å². The Morgan fingerprint density at radius 3 is 2.41 bits per heavy atom. The fraction of sp³-hybridized carbons (Fsp3) is 0.711. The molecule has 0 saturated carbocycles. The Morgan fingerprint density at radius 1 is 1.07 bits per heavy atom. The van der Waals surface area contributed by atoms with E-state index in [1.165, 1.54) is 30.3 Å². The van der Waals surface area contributed by atoms with Crippen LogP contribution in [0.25, 0.3) is 10.6 Å². The second-order valence-corrected chi connectivity index (χ2v) is 16.9. The van der Waals surface area contributed by atoms with Crippen LogP contribution in [0.3, 0.4) is 0 Å². The monoisotopic (exact) mass is 803 g/mol. The molecule has 2 aromatic rings. The molecule has 5 heterocycles. The second kappa shape index (κ2) is 17.4. The maximum absolute atomic E-state index is 14.6. The molecule has 18 heteroatoms. The van der Waals surface area contributed by atoms with Crippen molar-refractivity contribution in [3.05, 3.63) is 24.5 Å². The number of anilines is 1. The Balaban J connectivity index is 1.46. The van der Waals surface area contributed by atoms with Crippen LogP contribution in [-0.2, 0) is 44.6 Å². The highest BCUT2D eigenvalue weighted by Crippen LogP contribution is 2.43. The normalized spacial score (nSPS) is 37.7. The van der Waals surface area contributed by atoms with E-state index in [2.05, 4.69) is 15.3 Å². The molecule has 56 heavy (non-hydrogen) atoms. The van der Waals surface area contributed by atoms with Gasteiger partial charge in [-0.2, -0.15) is 0 Å². The van der Waals surface area contributed by atoms with Crippen LogP contribution < -0.4 is 11.5 Å². The molecule has 3 saturated heterocycles. The van der Waals surface area contributed by atoms with E-state index in [9.17, 15) is 24.3 Å². The van der Waals surface area contributed by atoms with Crippen LogP contribution in [0.1, 0.15) is 74.7 Å². The summed E-state index contributed by atoms with van der Waals surface area (Å²) in [5, 5.41) is 19.8. The average Bonchev–Trinajstić information content (AvgIpc) is 3.88. The first-order chi connectivity index (χ1) is 26.3. The van der Waals surface area contributed by atoms with Crippen molar-refractivity contribution in [2.24, 2.45) is 29.4 Å². The molecule has 310 valence electrons. The summed E-state index contributed by atoms with van der Waals surface area (Å²) in [4.78, 5) is 62.7. The summed E-state index contributed by atoms with van der Waals surface area (Å²) in [6.07, 6.45) is 2.18. The number of hydrogen-bond acceptors (Lipinski definition) is 16. The Bertz CT molecular complexity index is 1770. The van der Waals surface area contributed by atoms with Crippen molar-refractivity contribution in [1.29, 1.82) is 0 Å². The number of rotatable bonds is 9. The molecular weight excluding hydrogens is 747 g/mol. The van der Waals surface area contributed by atoms with Crippen molar-refractivity contribution in [2.75, 3.05) is 19.4 Å². The predicted molar refractivity (Wildman–Crippen MR) is 205 cm³/mol. The second-order valence-electron chi connectivity index (χ2n) is 15.8. The van der Waals surface area contributed by atoms with Gasteiger partial charge in [-0.05, 0) is 47.0 Å². The fourth-order valence-corrected chi connectivity index (χ4v) is 9.13. The number of nitrogen functional groups attached to an aromatic ring is 1. The lowest BCUT2D eigenvalue weighted by Crippen LogP contribution is -2.60. The van der Waals surface area contributed by atoms with Crippen molar-refractivity contribution in [3.8, 4) is 10.6 Å². The third-order valence-electron chi connectivity index (χ3n) is 11.6. The van der Waals surface area contributed by atoms with Crippen LogP contribution in [0.5, 0.6) is 0 Å². The predicted octanol–water partition coefficient (Wildman–Crippen LogP) is 3.14. The summed E-state index contributed by atoms with van der Waals surface area (Å²) in [5.41, 5.74) is 9.83. The molecule has 0 aromatic carbocycles. The topological polar surface area (TPSA) is 234 Å². The summed E-state index contributed by atoms with van der Waals surface area (Å²) < 4.78 is 32.3. The molecule has 5 N–H and O–H groups in total. The van der Waals surface area contributed by atoms with Gasteiger partial charge in [0.2, 0.25) is 0 Å². The van der Waals surface area contributed by atoms with Gasteiger partial charge in [0.05, 0.1) is 41.5 Å². The van der Waals surface area contributed by atoms with E-state index < -0.39 is 89.4 Å². The molecule has 17 nitrogen and oxygen atoms in total. The highest BCUT2D eigenvalue weighted by molar-refractivity contribution is 7.18. The number of cyclic esters (lactones) is 1. The van der Waals surface area contributed by atoms with Crippen molar-refractivity contribution in [3.63, 3.8) is 0 Å². The minimum atomic E-state index is -1.46. The third kappa shape index (κ3) is 8.69. The zero-order valence-corrected chi connectivity index (χ0v) is 34.4. The van der Waals surface area contributed by atoms with Gasteiger partial charge in [-0.15, -0.1) is 5.10 Å². The number of Topliss-reactive ketones (excluding diaryl/α,β-unsaturated/α-hetero) is 2. The van der Waals surface area contributed by atoms with Gasteiger partial charge < -0.3 is 40.3 Å². The molecule has 1 amide bonds. The molecule has 13 atom stereocenters. The van der Waals surface area contributed by atoms with E-state index >= 15 is 0 Å². The summed E-state index contributed by atoms with van der Waals surface area (Å²) in [7, 11) is 1.46. The Morgan fingerprint density at radius 2 is 1.77 bits per heavy atom. The smallest absolute Gasteiger partial charge is 0.411 e. The molecule has 0 radical (unpaired) electrons. The standard InChI is InChI=1S/C38H57N7O10S/c1-10-27-38(8)31(45(36(50)55-38)14-12-11-13-44-18-25(42-43-44)26-17-41-35(40)56-26)21(4)28(46)19(2)16-37(7,51-9)32(22(5)29(47)23(6)33(49)53-27)54-34-30(48)24(39)15-20(3)52-34/h11-12,17-24,27,30-32,34,48H,10,13-16,39H2,1-9H3,(H2,40,41)/b12-11+/t19-,20-,21+,22+,23-,24?,27-,30?,31-,32-,34+,37-,38-/m1/s1. The Labute approximate surface area is 331 Å². The number of nitrogens with zero attached hydrogens (tertiary/aromatic N) is 5. The van der Waals surface area contributed by atoms with Gasteiger partial charge in [0, 0.05) is 43.6 Å². The van der Waals surface area contributed by atoms with Crippen molar-refractivity contribution in [1.82, 2.24) is 24.9 Å². The number of fused-ring (bicyclic) bond motifs is 1. The minimum Gasteiger partial charge on any atom is -0.458 e. The van der Waals surface area contributed by atoms with Gasteiger partial charge in [0.15, 0.2) is 22.8 Å². The fourth-order valence-electron chi connectivity index (χ4n) is 8.49. The Kier molecular flexibility index (Phi) is 13.4. The first-order valence-corrected chi connectivity index (χ1v) is 20.0. The van der Waals surface area contributed by atoms with Crippen LogP contribution >= 0.6 is 11.3 Å². The number of ether oxygens (including phenoxy) is 5. The quantitative estimate of drug-likeness (QED) is 0.188. The van der Waals surface area contributed by atoms with Crippen LogP contribution in [0.2, 0.25) is 0 Å². The zero-order chi connectivity index (χ0) is 41.3. The Hall–Kier alpha value is -3.81. The molecule has 0 aliphatic carbocycles. The van der Waals surface area contributed by atoms with Crippen LogP contribution in [0.4, 0.5) is 9.93 Å². The highest BCUT2D eigenvalue weighted by atomic mass is 32.1. The number of aliphatic hydroxyl groups is 1. The molecular formula is C38H57N7O10S. The van der Waals surface area contributed by atoms with Gasteiger partial charge in [-0.3, -0.25) is 19.3 Å². The molecule has 0 bridgehead atoms. The van der Waals surface area contributed by atoms with Crippen molar-refractivity contribution in [2.45, 2.75) is 135 Å². The van der Waals surface area contributed by atoms with Crippen molar-refractivity contribution >= 4 is 40.1 Å². The molecule has 0 spiro atoms. The molecule has 2 unspecified atom stereocenters. The first kappa shape index (κ1) is 43.3. The number of methoxy groups -OCH3 is 1. The number of aliphatic hydroxyl groups excluding tert-OH is 1. The number of nitrogens with two attached hydrogens (primary N) is 2. The summed E-state index contributed by atoms with van der Waals surface area (Å²) in [5.74, 6) is -5.26. The summed E-state index contributed by atoms with van der Waals surface area (Å²) in [6, 6.07) is -1.51. The third-order valence-corrected chi connectivity index (χ3v) is 12.5. The minimum absolute atomic E-state index is 0.0742. The number of amides is 1. The first-order valence-electron chi connectivity index (χ1n) is 19.2. The molecule has 3 aliphatic heterocycles. The van der Waals surface area contributed by atoms with Gasteiger partial charge in [0.25, 0.3) is 0 Å². The van der Waals surface area contributed by atoms with Gasteiger partial charge >= 0.3 is 12.1 Å². The van der Waals surface area contributed by atoms with Crippen LogP contribution in [-0.4, -0.2) is 121 Å². The van der Waals surface area contributed by atoms with E-state index in [1.54, 1.807) is 64.7 Å². The summed E-state index contributed by atoms with van der Waals surface area (Å²) in [6.45, 7) is 14.0. The lowest BCUT2D eigenvalue weighted by molar-refractivity contribution is -0.288. The van der Waals surface area contributed by atoms with Gasteiger partial charge in [-0.25, -0.2) is 14.5 Å². The molecule has 3 aliphatic rings. The number of carbonyl (C=O) groups excluding carboxylic acids is 4. The number of esters is 1. The number of allylic oxidation sites excluding steroid dienone is 1. The van der Waals surface area contributed by atoms with E-state index in [1.807, 2.05) is 13.0 Å². The van der Waals surface area contributed by atoms with E-state index in [0.29, 0.717) is 23.8 Å². The van der Waals surface area contributed by atoms with Crippen LogP contribution in [0.15, 0.2) is 24.5 Å². The summed E-state index contributed by atoms with van der Waals surface area (Å²) >= 11 is 1.30. The van der Waals surface area contributed by atoms with E-state index in [4.69, 9.17) is 35.2 Å². The number of aromatic nitrogens is 4. The molecule has 5 rings (SSSR count). The van der Waals surface area contributed by atoms with E-state index in [-0.39, 0.29) is 31.3 Å². The van der Waals surface area contributed by atoms with E-state index in [0.717, 1.165) is 4.88 Å². The maximum Gasteiger partial charge on any atom is 0.411 e. The SMILES string of the molecule is CC[C@H]1OC(=O)[C@H](C)C(=O)[C@H](C)[C@@H](O[C@@H]2O[C@H](C)CC(N)C2O)[C@](C)(OC)C[C@@H](C)C(=O)[C@H](C)[C@H]2N(C/C=C/Cn3cc(-c4cnc(N)s4)nn3)C(=O)O[C@]12C. The number of thiazole rings is 1.